The number of carboxylic acids is 1. The molecule has 228 valence electrons. The van der Waals surface area contributed by atoms with Crippen LogP contribution in [0.15, 0.2) is 42.6 Å². The van der Waals surface area contributed by atoms with E-state index in [0.29, 0.717) is 66.4 Å². The van der Waals surface area contributed by atoms with Crippen LogP contribution in [0.2, 0.25) is 0 Å². The summed E-state index contributed by atoms with van der Waals surface area (Å²) < 4.78 is 31.7. The number of aromatic amines is 1. The third-order valence-electron chi connectivity index (χ3n) is 7.00. The smallest absolute Gasteiger partial charge is 0.475 e. The summed E-state index contributed by atoms with van der Waals surface area (Å²) in [5, 5.41) is 21.4. The predicted molar refractivity (Wildman–Crippen MR) is 148 cm³/mol. The van der Waals surface area contributed by atoms with Gasteiger partial charge in [-0.05, 0) is 54.7 Å². The zero-order chi connectivity index (χ0) is 31.3. The zero-order valence-electron chi connectivity index (χ0n) is 22.7. The Labute approximate surface area is 243 Å². The first-order chi connectivity index (χ1) is 20.4. The van der Waals surface area contributed by atoms with Crippen LogP contribution in [0.5, 0.6) is 0 Å². The number of nitrogens with zero attached hydrogens (tertiary/aromatic N) is 2. The zero-order valence-corrected chi connectivity index (χ0v) is 22.7. The number of carbonyl (C=O) groups is 4. The molecule has 1 atom stereocenters. The molecule has 5 rings (SSSR count). The summed E-state index contributed by atoms with van der Waals surface area (Å²) in [5.41, 5.74) is 10.6. The average molecular weight is 603 g/mol. The van der Waals surface area contributed by atoms with Crippen molar-refractivity contribution in [3.63, 3.8) is 0 Å². The first-order valence-electron chi connectivity index (χ1n) is 13.3. The Bertz CT molecular complexity index is 1540. The van der Waals surface area contributed by atoms with Gasteiger partial charge in [-0.25, -0.2) is 14.6 Å². The molecule has 0 fully saturated rings. The van der Waals surface area contributed by atoms with Crippen LogP contribution in [-0.4, -0.2) is 61.7 Å². The number of hydrogen-bond donors (Lipinski definition) is 6. The SMILES string of the molecule is NCc1ccc2c(c1)CCN([C@H]1CCCCC(=O)Nc3cc(NC(=O)O)ccc3-c3c[nH]c1n3)C2=O.O=C(O)C(F)(F)F. The molecule has 0 unspecified atom stereocenters. The Hall–Kier alpha value is -4.92. The molecular weight excluding hydrogens is 573 g/mol. The number of carbonyl (C=O) groups excluding carboxylic acids is 2. The van der Waals surface area contributed by atoms with Crippen molar-refractivity contribution >= 4 is 35.3 Å². The van der Waals surface area contributed by atoms with Crippen molar-refractivity contribution in [1.29, 1.82) is 0 Å². The van der Waals surface area contributed by atoms with Crippen molar-refractivity contribution in [1.82, 2.24) is 14.9 Å². The molecule has 0 radical (unpaired) electrons. The molecule has 2 aliphatic rings. The third-order valence-corrected chi connectivity index (χ3v) is 7.00. The molecular formula is C28H29F3N6O6. The molecule has 0 saturated carbocycles. The lowest BCUT2D eigenvalue weighted by Crippen LogP contribution is -2.41. The van der Waals surface area contributed by atoms with Crippen molar-refractivity contribution in [2.45, 2.75) is 50.9 Å². The maximum atomic E-state index is 13.5. The van der Waals surface area contributed by atoms with Crippen LogP contribution in [-0.2, 0) is 22.6 Å². The third kappa shape index (κ3) is 7.48. The fourth-order valence-electron chi connectivity index (χ4n) is 4.98. The minimum Gasteiger partial charge on any atom is -0.475 e. The highest BCUT2D eigenvalue weighted by Crippen LogP contribution is 2.35. The highest BCUT2D eigenvalue weighted by atomic mass is 19.4. The number of alkyl halides is 3. The van der Waals surface area contributed by atoms with Crippen LogP contribution in [0.25, 0.3) is 11.3 Å². The summed E-state index contributed by atoms with van der Waals surface area (Å²) in [6.07, 6.45) is -1.39. The molecule has 43 heavy (non-hydrogen) atoms. The van der Waals surface area contributed by atoms with Gasteiger partial charge in [-0.2, -0.15) is 13.2 Å². The van der Waals surface area contributed by atoms with Crippen molar-refractivity contribution in [3.05, 3.63) is 65.1 Å². The van der Waals surface area contributed by atoms with E-state index in [4.69, 9.17) is 25.7 Å². The molecule has 3 amide bonds. The van der Waals surface area contributed by atoms with E-state index in [-0.39, 0.29) is 17.9 Å². The Balaban J connectivity index is 0.000000541. The molecule has 2 aliphatic heterocycles. The number of carboxylic acid groups (broad SMARTS) is 2. The molecule has 7 N–H and O–H groups in total. The highest BCUT2D eigenvalue weighted by Gasteiger charge is 2.38. The Morgan fingerprint density at radius 2 is 1.79 bits per heavy atom. The number of imidazole rings is 1. The fraction of sp³-hybridized carbons (Fsp3) is 0.321. The Kier molecular flexibility index (Phi) is 9.34. The lowest BCUT2D eigenvalue weighted by molar-refractivity contribution is -0.192. The molecule has 0 spiro atoms. The molecule has 0 saturated heterocycles. The number of nitrogens with one attached hydrogen (secondary N) is 3. The fourth-order valence-corrected chi connectivity index (χ4v) is 4.98. The van der Waals surface area contributed by atoms with Crippen LogP contribution in [0.3, 0.4) is 0 Å². The number of aliphatic carboxylic acids is 1. The molecule has 0 aliphatic carbocycles. The molecule has 1 aromatic heterocycles. The van der Waals surface area contributed by atoms with Gasteiger partial charge in [0.2, 0.25) is 5.91 Å². The summed E-state index contributed by atoms with van der Waals surface area (Å²) in [4.78, 5) is 56.1. The number of H-pyrrole nitrogens is 1. The van der Waals surface area contributed by atoms with Gasteiger partial charge in [-0.15, -0.1) is 0 Å². The number of rotatable bonds is 3. The van der Waals surface area contributed by atoms with Crippen LogP contribution in [0, 0.1) is 0 Å². The summed E-state index contributed by atoms with van der Waals surface area (Å²) in [5.74, 6) is -2.26. The van der Waals surface area contributed by atoms with Gasteiger partial charge in [0.25, 0.3) is 5.91 Å². The number of nitrogens with two attached hydrogens (primary N) is 1. The summed E-state index contributed by atoms with van der Waals surface area (Å²) in [6.45, 7) is 1.01. The molecule has 2 aromatic carbocycles. The number of halogens is 3. The quantitative estimate of drug-likeness (QED) is 0.252. The van der Waals surface area contributed by atoms with Gasteiger partial charge in [-0.1, -0.05) is 18.6 Å². The van der Waals surface area contributed by atoms with E-state index in [1.165, 1.54) is 0 Å². The Morgan fingerprint density at radius 1 is 1.07 bits per heavy atom. The minimum absolute atomic E-state index is 0.0302. The van der Waals surface area contributed by atoms with E-state index >= 15 is 0 Å². The van der Waals surface area contributed by atoms with Crippen LogP contribution < -0.4 is 16.4 Å². The summed E-state index contributed by atoms with van der Waals surface area (Å²) >= 11 is 0. The molecule has 3 aromatic rings. The van der Waals surface area contributed by atoms with Crippen molar-refractivity contribution in [2.75, 3.05) is 17.2 Å². The van der Waals surface area contributed by atoms with Gasteiger partial charge in [-0.3, -0.25) is 14.9 Å². The number of aromatic nitrogens is 2. The lowest BCUT2D eigenvalue weighted by atomic mass is 9.94. The van der Waals surface area contributed by atoms with E-state index in [0.717, 1.165) is 24.0 Å². The van der Waals surface area contributed by atoms with Gasteiger partial charge >= 0.3 is 18.2 Å². The van der Waals surface area contributed by atoms with Gasteiger partial charge in [0.15, 0.2) is 0 Å². The van der Waals surface area contributed by atoms with Gasteiger partial charge in [0, 0.05) is 42.5 Å². The standard InChI is InChI=1S/C26H28N6O4.C2HF3O2/c27-13-15-5-7-18-16(11-15)9-10-32(25(18)34)22-3-1-2-4-23(33)30-20-12-17(29-26(35)36)6-8-19(20)21-14-28-24(22)31-21;3-2(4,5)1(6)7/h5-8,11-12,14,22,29H,1-4,9-10,13,27H2,(H,28,31)(H,30,33)(H,35,36);(H,6,7)/t22-;/m0./s1. The molecule has 15 heteroatoms. The van der Waals surface area contributed by atoms with Crippen LogP contribution in [0.4, 0.5) is 29.3 Å². The van der Waals surface area contributed by atoms with Crippen LogP contribution in [0.1, 0.15) is 59.0 Å². The maximum absolute atomic E-state index is 13.5. The first-order valence-corrected chi connectivity index (χ1v) is 13.3. The topological polar surface area (TPSA) is 191 Å². The minimum atomic E-state index is -5.08. The van der Waals surface area contributed by atoms with E-state index in [9.17, 15) is 27.6 Å². The van der Waals surface area contributed by atoms with Crippen molar-refractivity contribution < 1.29 is 42.6 Å². The lowest BCUT2D eigenvalue weighted by Gasteiger charge is -2.35. The van der Waals surface area contributed by atoms with E-state index < -0.39 is 18.2 Å². The second kappa shape index (κ2) is 12.9. The number of benzene rings is 2. The van der Waals surface area contributed by atoms with E-state index in [2.05, 4.69) is 15.6 Å². The molecule has 12 nitrogen and oxygen atoms in total. The van der Waals surface area contributed by atoms with Gasteiger partial charge < -0.3 is 31.1 Å². The summed E-state index contributed by atoms with van der Waals surface area (Å²) in [7, 11) is 0. The van der Waals surface area contributed by atoms with Gasteiger partial charge in [0.05, 0.1) is 17.4 Å². The predicted octanol–water partition coefficient (Wildman–Crippen LogP) is 4.51. The largest absolute Gasteiger partial charge is 0.490 e. The average Bonchev–Trinajstić information content (AvgIpc) is 3.42. The number of anilines is 2. The second-order valence-electron chi connectivity index (χ2n) is 9.92. The number of fused-ring (bicyclic) bond motifs is 5. The molecule has 2 bridgehead atoms. The second-order valence-corrected chi connectivity index (χ2v) is 9.92. The summed E-state index contributed by atoms with van der Waals surface area (Å²) in [6, 6.07) is 10.4. The van der Waals surface area contributed by atoms with E-state index in [1.54, 1.807) is 24.4 Å². The normalized spacial score (nSPS) is 16.7. The number of hydrogen-bond acceptors (Lipinski definition) is 6. The van der Waals surface area contributed by atoms with Crippen LogP contribution >= 0.6 is 0 Å². The van der Waals surface area contributed by atoms with Crippen molar-refractivity contribution in [2.24, 2.45) is 5.73 Å². The van der Waals surface area contributed by atoms with Gasteiger partial charge in [0.1, 0.15) is 5.82 Å². The first kappa shape index (κ1) is 31.0. The maximum Gasteiger partial charge on any atom is 0.490 e. The van der Waals surface area contributed by atoms with E-state index in [1.807, 2.05) is 23.1 Å². The van der Waals surface area contributed by atoms with Crippen molar-refractivity contribution in [3.8, 4) is 11.3 Å². The molecule has 3 heterocycles. The number of amides is 3. The Morgan fingerprint density at radius 3 is 2.47 bits per heavy atom. The highest BCUT2D eigenvalue weighted by molar-refractivity contribution is 5.98. The monoisotopic (exact) mass is 602 g/mol.